The lowest BCUT2D eigenvalue weighted by Crippen LogP contribution is -2.21. The van der Waals surface area contributed by atoms with E-state index in [-0.39, 0.29) is 0 Å². The van der Waals surface area contributed by atoms with E-state index in [0.717, 1.165) is 18.2 Å². The molecule has 0 unspecified atom stereocenters. The topological polar surface area (TPSA) is 73.9 Å². The number of halogens is 2. The van der Waals surface area contributed by atoms with Gasteiger partial charge in [-0.15, -0.1) is 0 Å². The van der Waals surface area contributed by atoms with Crippen LogP contribution >= 0.6 is 0 Å². The second-order valence-corrected chi connectivity index (χ2v) is 5.23. The highest BCUT2D eigenvalue weighted by Gasteiger charge is 2.13. The molecule has 6 nitrogen and oxygen atoms in total. The Morgan fingerprint density at radius 3 is 2.19 bits per heavy atom. The van der Waals surface area contributed by atoms with Crippen LogP contribution in [-0.2, 0) is 14.3 Å². The lowest BCUT2D eigenvalue weighted by molar-refractivity contribution is -0.142. The Morgan fingerprint density at radius 1 is 1.04 bits per heavy atom. The smallest absolute Gasteiger partial charge is 0.331 e. The van der Waals surface area contributed by atoms with Gasteiger partial charge in [-0.2, -0.15) is 0 Å². The van der Waals surface area contributed by atoms with Crippen LogP contribution in [0.4, 0.5) is 14.5 Å². The second-order valence-electron chi connectivity index (χ2n) is 5.23. The summed E-state index contributed by atoms with van der Waals surface area (Å²) in [6.45, 7) is -0.696. The highest BCUT2D eigenvalue weighted by Crippen LogP contribution is 2.23. The number of amides is 1. The van der Waals surface area contributed by atoms with Gasteiger partial charge in [0.2, 0.25) is 0 Å². The molecule has 0 saturated carbocycles. The molecule has 1 amide bonds. The van der Waals surface area contributed by atoms with Crippen molar-refractivity contribution in [2.75, 3.05) is 26.1 Å². The first-order valence-corrected chi connectivity index (χ1v) is 7.74. The largest absolute Gasteiger partial charge is 0.497 e. The maximum Gasteiger partial charge on any atom is 0.331 e. The van der Waals surface area contributed by atoms with Gasteiger partial charge in [-0.25, -0.2) is 13.6 Å². The van der Waals surface area contributed by atoms with E-state index < -0.39 is 35.8 Å². The van der Waals surface area contributed by atoms with Gasteiger partial charge in [0.1, 0.15) is 28.8 Å². The Kier molecular flexibility index (Phi) is 6.87. The van der Waals surface area contributed by atoms with Crippen molar-refractivity contribution >= 4 is 23.6 Å². The molecule has 0 aromatic heterocycles. The Bertz CT molecular complexity index is 825. The van der Waals surface area contributed by atoms with Gasteiger partial charge in [-0.05, 0) is 35.9 Å². The van der Waals surface area contributed by atoms with E-state index in [1.807, 2.05) is 5.32 Å². The van der Waals surface area contributed by atoms with E-state index in [2.05, 4.69) is 0 Å². The predicted molar refractivity (Wildman–Crippen MR) is 94.5 cm³/mol. The summed E-state index contributed by atoms with van der Waals surface area (Å²) >= 11 is 0. The quantitative estimate of drug-likeness (QED) is 0.593. The summed E-state index contributed by atoms with van der Waals surface area (Å²) in [5.74, 6) is -2.46. The molecule has 8 heteroatoms. The van der Waals surface area contributed by atoms with Gasteiger partial charge in [-0.1, -0.05) is 6.07 Å². The van der Waals surface area contributed by atoms with E-state index in [4.69, 9.17) is 14.2 Å². The molecule has 0 aliphatic carbocycles. The number of esters is 1. The predicted octanol–water partition coefficient (Wildman–Crippen LogP) is 3.18. The zero-order valence-corrected chi connectivity index (χ0v) is 14.6. The van der Waals surface area contributed by atoms with Gasteiger partial charge in [-0.3, -0.25) is 4.79 Å². The second kappa shape index (κ2) is 9.33. The van der Waals surface area contributed by atoms with Crippen LogP contribution in [0.5, 0.6) is 11.5 Å². The Balaban J connectivity index is 1.92. The summed E-state index contributed by atoms with van der Waals surface area (Å²) in [4.78, 5) is 23.4. The average molecular weight is 377 g/mol. The summed E-state index contributed by atoms with van der Waals surface area (Å²) in [6, 6.07) is 8.16. The number of carbonyl (C=O) groups is 2. The molecule has 27 heavy (non-hydrogen) atoms. The minimum absolute atomic E-state index is 0.536. The molecule has 2 rings (SSSR count). The number of carbonyl (C=O) groups excluding carboxylic acids is 2. The molecule has 2 aromatic rings. The number of methoxy groups -OCH3 is 2. The summed E-state index contributed by atoms with van der Waals surface area (Å²) < 4.78 is 41.9. The molecule has 2 aromatic carbocycles. The summed E-state index contributed by atoms with van der Waals surface area (Å²) in [6.07, 6.45) is 2.55. The van der Waals surface area contributed by atoms with Crippen LogP contribution in [0.25, 0.3) is 6.08 Å². The number of hydrogen-bond acceptors (Lipinski definition) is 5. The van der Waals surface area contributed by atoms with E-state index >= 15 is 0 Å². The third kappa shape index (κ3) is 5.81. The number of benzene rings is 2. The van der Waals surface area contributed by atoms with Crippen LogP contribution in [0.1, 0.15) is 5.56 Å². The molecule has 0 atom stereocenters. The van der Waals surface area contributed by atoms with E-state index in [1.54, 1.807) is 18.2 Å². The van der Waals surface area contributed by atoms with Crippen molar-refractivity contribution in [2.45, 2.75) is 0 Å². The number of para-hydroxylation sites is 1. The first-order chi connectivity index (χ1) is 12.9. The monoisotopic (exact) mass is 377 g/mol. The molecule has 0 bridgehead atoms. The maximum absolute atomic E-state index is 13.4. The molecule has 0 aliphatic heterocycles. The van der Waals surface area contributed by atoms with Crippen molar-refractivity contribution < 1.29 is 32.6 Å². The van der Waals surface area contributed by atoms with E-state index in [1.165, 1.54) is 26.4 Å². The zero-order valence-electron chi connectivity index (χ0n) is 14.6. The van der Waals surface area contributed by atoms with Gasteiger partial charge >= 0.3 is 5.97 Å². The zero-order chi connectivity index (χ0) is 19.8. The third-order valence-electron chi connectivity index (χ3n) is 3.36. The van der Waals surface area contributed by atoms with Gasteiger partial charge < -0.3 is 19.5 Å². The molecule has 0 radical (unpaired) electrons. The van der Waals surface area contributed by atoms with Crippen molar-refractivity contribution in [3.8, 4) is 11.5 Å². The van der Waals surface area contributed by atoms with Gasteiger partial charge in [0.25, 0.3) is 5.91 Å². The Hall–Kier alpha value is -3.42. The number of hydrogen-bond donors (Lipinski definition) is 1. The fraction of sp³-hybridized carbons (Fsp3) is 0.158. The molecule has 1 N–H and O–H groups in total. The van der Waals surface area contributed by atoms with Crippen molar-refractivity contribution in [3.05, 3.63) is 59.7 Å². The summed E-state index contributed by atoms with van der Waals surface area (Å²) in [5.41, 5.74) is 0.0126. The van der Waals surface area contributed by atoms with E-state index in [9.17, 15) is 18.4 Å². The highest BCUT2D eigenvalue weighted by atomic mass is 19.1. The van der Waals surface area contributed by atoms with Crippen LogP contribution in [0, 0.1) is 11.6 Å². The standard InChI is InChI=1S/C19H17F2NO5/c1-25-13-8-12(9-14(10-13)26-2)6-7-18(24)27-11-17(23)22-19-15(20)4-3-5-16(19)21/h3-10H,11H2,1-2H3,(H,22,23)/b7-6+. The molecular weight excluding hydrogens is 360 g/mol. The van der Waals surface area contributed by atoms with Gasteiger partial charge in [0, 0.05) is 12.1 Å². The molecular formula is C19H17F2NO5. The molecule has 0 aliphatic rings. The Labute approximate surface area is 154 Å². The number of rotatable bonds is 7. The lowest BCUT2D eigenvalue weighted by atomic mass is 10.2. The third-order valence-corrected chi connectivity index (χ3v) is 3.36. The van der Waals surface area contributed by atoms with Crippen molar-refractivity contribution in [3.63, 3.8) is 0 Å². The summed E-state index contributed by atoms with van der Waals surface area (Å²) in [5, 5.41) is 2.01. The van der Waals surface area contributed by atoms with Crippen LogP contribution < -0.4 is 14.8 Å². The lowest BCUT2D eigenvalue weighted by Gasteiger charge is -2.07. The van der Waals surface area contributed by atoms with Crippen LogP contribution in [0.2, 0.25) is 0 Å². The molecule has 142 valence electrons. The minimum atomic E-state index is -0.929. The van der Waals surface area contributed by atoms with Crippen LogP contribution in [0.15, 0.2) is 42.5 Å². The molecule has 0 spiro atoms. The molecule has 0 saturated heterocycles. The fourth-order valence-corrected chi connectivity index (χ4v) is 2.07. The van der Waals surface area contributed by atoms with Gasteiger partial charge in [0.05, 0.1) is 14.2 Å². The first kappa shape index (κ1) is 19.9. The Morgan fingerprint density at radius 2 is 1.63 bits per heavy atom. The summed E-state index contributed by atoms with van der Waals surface area (Å²) in [7, 11) is 2.99. The van der Waals surface area contributed by atoms with Crippen molar-refractivity contribution in [2.24, 2.45) is 0 Å². The maximum atomic E-state index is 13.4. The number of anilines is 1. The SMILES string of the molecule is COc1cc(/C=C/C(=O)OCC(=O)Nc2c(F)cccc2F)cc(OC)c1. The van der Waals surface area contributed by atoms with E-state index in [0.29, 0.717) is 17.1 Å². The first-order valence-electron chi connectivity index (χ1n) is 7.74. The fourth-order valence-electron chi connectivity index (χ4n) is 2.07. The van der Waals surface area contributed by atoms with Crippen LogP contribution in [0.3, 0.4) is 0 Å². The van der Waals surface area contributed by atoms with Gasteiger partial charge in [0.15, 0.2) is 6.61 Å². The number of ether oxygens (including phenoxy) is 3. The number of nitrogens with one attached hydrogen (secondary N) is 1. The minimum Gasteiger partial charge on any atom is -0.497 e. The molecule has 0 fully saturated rings. The van der Waals surface area contributed by atoms with Crippen molar-refractivity contribution in [1.82, 2.24) is 0 Å². The normalized spacial score (nSPS) is 10.5. The molecule has 0 heterocycles. The highest BCUT2D eigenvalue weighted by molar-refractivity contribution is 5.94. The average Bonchev–Trinajstić information content (AvgIpc) is 2.67. The van der Waals surface area contributed by atoms with Crippen LogP contribution in [-0.4, -0.2) is 32.7 Å². The van der Waals surface area contributed by atoms with Crippen molar-refractivity contribution in [1.29, 1.82) is 0 Å².